The van der Waals surface area contributed by atoms with E-state index < -0.39 is 11.7 Å². The SMILES string of the molecule is CCNC(=NCC(C)(C)OC)NCC#Cc1ccc(C(F)(F)F)cc1.I. The van der Waals surface area contributed by atoms with E-state index >= 15 is 0 Å². The van der Waals surface area contributed by atoms with Gasteiger partial charge in [0, 0.05) is 19.2 Å². The Bertz CT molecular complexity index is 632. The second-order valence-corrected chi connectivity index (χ2v) is 5.89. The molecule has 0 aliphatic carbocycles. The summed E-state index contributed by atoms with van der Waals surface area (Å²) in [4.78, 5) is 4.42. The fourth-order valence-electron chi connectivity index (χ4n) is 1.69. The van der Waals surface area contributed by atoms with Crippen LogP contribution >= 0.6 is 24.0 Å². The van der Waals surface area contributed by atoms with Gasteiger partial charge in [-0.05, 0) is 45.0 Å². The highest BCUT2D eigenvalue weighted by Gasteiger charge is 2.29. The van der Waals surface area contributed by atoms with Crippen molar-refractivity contribution in [2.75, 3.05) is 26.7 Å². The Morgan fingerprint density at radius 1 is 1.15 bits per heavy atom. The standard InChI is InChI=1S/C18H24F3N3O.HI/c1-5-22-16(24-13-17(2,3)25-4)23-12-6-7-14-8-10-15(11-9-14)18(19,20)21;/h8-11H,5,12-13H2,1-4H3,(H2,22,23,24);1H. The van der Waals surface area contributed by atoms with E-state index in [2.05, 4.69) is 27.5 Å². The third-order valence-corrected chi connectivity index (χ3v) is 3.30. The predicted octanol–water partition coefficient (Wildman–Crippen LogP) is 3.66. The number of aliphatic imine (C=N–C) groups is 1. The van der Waals surface area contributed by atoms with Crippen LogP contribution in [0, 0.1) is 11.8 Å². The number of nitrogens with zero attached hydrogens (tertiary/aromatic N) is 1. The topological polar surface area (TPSA) is 45.7 Å². The van der Waals surface area contributed by atoms with E-state index in [9.17, 15) is 13.2 Å². The molecule has 0 saturated carbocycles. The zero-order valence-electron chi connectivity index (χ0n) is 15.3. The van der Waals surface area contributed by atoms with Gasteiger partial charge in [0.2, 0.25) is 0 Å². The third-order valence-electron chi connectivity index (χ3n) is 3.30. The summed E-state index contributed by atoms with van der Waals surface area (Å²) < 4.78 is 42.8. The summed E-state index contributed by atoms with van der Waals surface area (Å²) in [5.74, 6) is 6.29. The van der Waals surface area contributed by atoms with Gasteiger partial charge in [-0.3, -0.25) is 4.99 Å². The minimum Gasteiger partial charge on any atom is -0.377 e. The molecule has 2 N–H and O–H groups in total. The van der Waals surface area contributed by atoms with Gasteiger partial charge in [-0.15, -0.1) is 24.0 Å². The molecule has 4 nitrogen and oxygen atoms in total. The molecule has 1 aromatic rings. The van der Waals surface area contributed by atoms with Gasteiger partial charge in [-0.25, -0.2) is 0 Å². The Kier molecular flexibility index (Phi) is 10.6. The Balaban J connectivity index is 0.00000625. The summed E-state index contributed by atoms with van der Waals surface area (Å²) in [5, 5.41) is 6.15. The van der Waals surface area contributed by atoms with E-state index in [1.807, 2.05) is 20.8 Å². The van der Waals surface area contributed by atoms with Crippen LogP contribution in [0.15, 0.2) is 29.3 Å². The lowest BCUT2D eigenvalue weighted by atomic mass is 10.1. The van der Waals surface area contributed by atoms with Crippen LogP contribution in [-0.2, 0) is 10.9 Å². The van der Waals surface area contributed by atoms with Gasteiger partial charge in [0.05, 0.1) is 24.3 Å². The van der Waals surface area contributed by atoms with Crippen molar-refractivity contribution in [3.8, 4) is 11.8 Å². The molecule has 0 saturated heterocycles. The quantitative estimate of drug-likeness (QED) is 0.291. The lowest BCUT2D eigenvalue weighted by Gasteiger charge is -2.21. The van der Waals surface area contributed by atoms with E-state index in [0.29, 0.717) is 31.2 Å². The maximum Gasteiger partial charge on any atom is 0.416 e. The number of guanidine groups is 1. The number of hydrogen-bond acceptors (Lipinski definition) is 2. The summed E-state index contributed by atoms with van der Waals surface area (Å²) in [6.45, 7) is 7.32. The number of benzene rings is 1. The number of rotatable bonds is 5. The molecule has 1 rings (SSSR count). The lowest BCUT2D eigenvalue weighted by molar-refractivity contribution is -0.137. The van der Waals surface area contributed by atoms with Gasteiger partial charge in [0.25, 0.3) is 0 Å². The maximum absolute atomic E-state index is 12.5. The molecular weight excluding hydrogens is 458 g/mol. The summed E-state index contributed by atoms with van der Waals surface area (Å²) in [6.07, 6.45) is -4.33. The zero-order chi connectivity index (χ0) is 18.9. The minimum absolute atomic E-state index is 0. The minimum atomic E-state index is -4.33. The molecule has 0 amide bonds. The average Bonchev–Trinajstić information content (AvgIpc) is 2.56. The molecule has 0 aliphatic heterocycles. The highest BCUT2D eigenvalue weighted by Crippen LogP contribution is 2.28. The van der Waals surface area contributed by atoms with Crippen molar-refractivity contribution in [1.82, 2.24) is 10.6 Å². The number of nitrogens with one attached hydrogen (secondary N) is 2. The van der Waals surface area contributed by atoms with E-state index in [4.69, 9.17) is 4.74 Å². The normalized spacial score (nSPS) is 11.9. The first-order valence-corrected chi connectivity index (χ1v) is 7.91. The molecule has 0 radical (unpaired) electrons. The van der Waals surface area contributed by atoms with Crippen LogP contribution in [0.5, 0.6) is 0 Å². The number of halogens is 4. The van der Waals surface area contributed by atoms with Gasteiger partial charge >= 0.3 is 6.18 Å². The second-order valence-electron chi connectivity index (χ2n) is 5.89. The monoisotopic (exact) mass is 483 g/mol. The molecule has 1 aromatic carbocycles. The highest BCUT2D eigenvalue weighted by molar-refractivity contribution is 14.0. The number of methoxy groups -OCH3 is 1. The van der Waals surface area contributed by atoms with Crippen LogP contribution < -0.4 is 10.6 Å². The molecule has 0 fully saturated rings. The molecule has 26 heavy (non-hydrogen) atoms. The Morgan fingerprint density at radius 3 is 2.27 bits per heavy atom. The van der Waals surface area contributed by atoms with Crippen LogP contribution in [0.25, 0.3) is 0 Å². The van der Waals surface area contributed by atoms with Crippen molar-refractivity contribution in [2.45, 2.75) is 32.5 Å². The second kappa shape index (κ2) is 11.3. The molecule has 0 aliphatic rings. The molecular formula is C18H25F3IN3O. The molecule has 0 atom stereocenters. The van der Waals surface area contributed by atoms with Gasteiger partial charge in [-0.1, -0.05) is 11.8 Å². The van der Waals surface area contributed by atoms with Crippen molar-refractivity contribution in [3.05, 3.63) is 35.4 Å². The summed E-state index contributed by atoms with van der Waals surface area (Å²) in [7, 11) is 1.63. The zero-order valence-corrected chi connectivity index (χ0v) is 17.7. The van der Waals surface area contributed by atoms with E-state index in [0.717, 1.165) is 12.1 Å². The first-order chi connectivity index (χ1) is 11.7. The maximum atomic E-state index is 12.5. The summed E-state index contributed by atoms with van der Waals surface area (Å²) in [5.41, 5.74) is -0.524. The number of hydrogen-bond donors (Lipinski definition) is 2. The van der Waals surface area contributed by atoms with Crippen LogP contribution in [0.4, 0.5) is 13.2 Å². The first kappa shape index (κ1) is 24.5. The van der Waals surface area contributed by atoms with E-state index in [1.54, 1.807) is 7.11 Å². The van der Waals surface area contributed by atoms with E-state index in [-0.39, 0.29) is 29.6 Å². The fraction of sp³-hybridized carbons (Fsp3) is 0.500. The highest BCUT2D eigenvalue weighted by atomic mass is 127. The molecule has 0 aromatic heterocycles. The first-order valence-electron chi connectivity index (χ1n) is 7.91. The van der Waals surface area contributed by atoms with Crippen molar-refractivity contribution in [3.63, 3.8) is 0 Å². The average molecular weight is 483 g/mol. The van der Waals surface area contributed by atoms with Crippen LogP contribution in [0.2, 0.25) is 0 Å². The molecule has 8 heteroatoms. The van der Waals surface area contributed by atoms with Crippen LogP contribution in [0.3, 0.4) is 0 Å². The van der Waals surface area contributed by atoms with E-state index in [1.165, 1.54) is 12.1 Å². The Hall–Kier alpha value is -1.47. The molecule has 146 valence electrons. The van der Waals surface area contributed by atoms with Crippen molar-refractivity contribution < 1.29 is 17.9 Å². The Labute approximate surface area is 170 Å². The van der Waals surface area contributed by atoms with Gasteiger partial charge in [-0.2, -0.15) is 13.2 Å². The smallest absolute Gasteiger partial charge is 0.377 e. The van der Waals surface area contributed by atoms with Crippen LogP contribution in [-0.4, -0.2) is 38.3 Å². The molecule has 0 heterocycles. The molecule has 0 spiro atoms. The van der Waals surface area contributed by atoms with Crippen molar-refractivity contribution >= 4 is 29.9 Å². The van der Waals surface area contributed by atoms with Gasteiger partial charge in [0.15, 0.2) is 5.96 Å². The predicted molar refractivity (Wildman–Crippen MR) is 109 cm³/mol. The summed E-state index contributed by atoms with van der Waals surface area (Å²) >= 11 is 0. The fourth-order valence-corrected chi connectivity index (χ4v) is 1.69. The van der Waals surface area contributed by atoms with Crippen LogP contribution in [0.1, 0.15) is 31.9 Å². The largest absolute Gasteiger partial charge is 0.416 e. The van der Waals surface area contributed by atoms with Crippen molar-refractivity contribution in [1.29, 1.82) is 0 Å². The number of alkyl halides is 3. The third kappa shape index (κ3) is 9.29. The molecule has 0 unspecified atom stereocenters. The Morgan fingerprint density at radius 2 is 1.77 bits per heavy atom. The van der Waals surface area contributed by atoms with Gasteiger partial charge < -0.3 is 15.4 Å². The van der Waals surface area contributed by atoms with Gasteiger partial charge in [0.1, 0.15) is 0 Å². The summed E-state index contributed by atoms with van der Waals surface area (Å²) in [6, 6.07) is 4.76. The van der Waals surface area contributed by atoms with Crippen molar-refractivity contribution in [2.24, 2.45) is 4.99 Å². The molecule has 0 bridgehead atoms. The lowest BCUT2D eigenvalue weighted by Crippen LogP contribution is -2.39. The number of ether oxygens (including phenoxy) is 1.